The first-order valence-electron chi connectivity index (χ1n) is 6.76. The number of rotatable bonds is 3. The molecular weight excluding hydrogens is 275 g/mol. The molecule has 4 heteroatoms. The SMILES string of the molecule is Cc1cc(C)cc(CC(N)c2ccccc2C(F)(F)F)c1. The van der Waals surface area contributed by atoms with E-state index >= 15 is 0 Å². The van der Waals surface area contributed by atoms with Crippen LogP contribution < -0.4 is 5.73 Å². The summed E-state index contributed by atoms with van der Waals surface area (Å²) in [7, 11) is 0. The van der Waals surface area contributed by atoms with Gasteiger partial charge in [-0.25, -0.2) is 0 Å². The van der Waals surface area contributed by atoms with E-state index in [0.717, 1.165) is 22.8 Å². The van der Waals surface area contributed by atoms with Gasteiger partial charge in [-0.3, -0.25) is 0 Å². The largest absolute Gasteiger partial charge is 0.416 e. The van der Waals surface area contributed by atoms with Gasteiger partial charge in [-0.2, -0.15) is 13.2 Å². The molecule has 0 radical (unpaired) electrons. The van der Waals surface area contributed by atoms with Crippen molar-refractivity contribution in [1.29, 1.82) is 0 Å². The molecule has 112 valence electrons. The predicted molar refractivity (Wildman–Crippen MR) is 78.0 cm³/mol. The van der Waals surface area contributed by atoms with Crippen LogP contribution in [0.4, 0.5) is 13.2 Å². The minimum absolute atomic E-state index is 0.143. The lowest BCUT2D eigenvalue weighted by atomic mass is 9.94. The van der Waals surface area contributed by atoms with Gasteiger partial charge >= 0.3 is 6.18 Å². The molecule has 0 fully saturated rings. The summed E-state index contributed by atoms with van der Waals surface area (Å²) in [6.07, 6.45) is -3.99. The molecule has 2 N–H and O–H groups in total. The van der Waals surface area contributed by atoms with Crippen molar-refractivity contribution in [2.45, 2.75) is 32.5 Å². The summed E-state index contributed by atoms with van der Waals surface area (Å²) in [5.74, 6) is 0. The van der Waals surface area contributed by atoms with Crippen LogP contribution in [0, 0.1) is 13.8 Å². The third-order valence-corrected chi connectivity index (χ3v) is 3.40. The van der Waals surface area contributed by atoms with Crippen molar-refractivity contribution in [2.24, 2.45) is 5.73 Å². The van der Waals surface area contributed by atoms with Gasteiger partial charge in [-0.1, -0.05) is 47.5 Å². The average Bonchev–Trinajstić information content (AvgIpc) is 2.36. The van der Waals surface area contributed by atoms with Gasteiger partial charge in [0.15, 0.2) is 0 Å². The Morgan fingerprint density at radius 2 is 1.57 bits per heavy atom. The highest BCUT2D eigenvalue weighted by Gasteiger charge is 2.34. The van der Waals surface area contributed by atoms with Crippen molar-refractivity contribution in [3.63, 3.8) is 0 Å². The number of hydrogen-bond acceptors (Lipinski definition) is 1. The van der Waals surface area contributed by atoms with E-state index in [1.807, 2.05) is 32.0 Å². The third-order valence-electron chi connectivity index (χ3n) is 3.40. The van der Waals surface area contributed by atoms with Crippen LogP contribution in [0.2, 0.25) is 0 Å². The van der Waals surface area contributed by atoms with Crippen LogP contribution in [0.5, 0.6) is 0 Å². The molecule has 1 unspecified atom stereocenters. The van der Waals surface area contributed by atoms with Gasteiger partial charge < -0.3 is 5.73 Å². The van der Waals surface area contributed by atoms with Crippen molar-refractivity contribution in [1.82, 2.24) is 0 Å². The van der Waals surface area contributed by atoms with Crippen molar-refractivity contribution in [2.75, 3.05) is 0 Å². The highest BCUT2D eigenvalue weighted by molar-refractivity contribution is 5.35. The van der Waals surface area contributed by atoms with Crippen LogP contribution in [-0.2, 0) is 12.6 Å². The fourth-order valence-corrected chi connectivity index (χ4v) is 2.63. The summed E-state index contributed by atoms with van der Waals surface area (Å²) in [6, 6.07) is 10.8. The first kappa shape index (κ1) is 15.6. The quantitative estimate of drug-likeness (QED) is 0.881. The fraction of sp³-hybridized carbons (Fsp3) is 0.294. The summed E-state index contributed by atoms with van der Waals surface area (Å²) in [4.78, 5) is 0. The average molecular weight is 293 g/mol. The first-order valence-corrected chi connectivity index (χ1v) is 6.76. The van der Waals surface area contributed by atoms with Crippen molar-refractivity contribution < 1.29 is 13.2 Å². The second kappa shape index (κ2) is 5.90. The normalized spacial score (nSPS) is 13.2. The Kier molecular flexibility index (Phi) is 4.37. The van der Waals surface area contributed by atoms with Gasteiger partial charge in [0.2, 0.25) is 0 Å². The van der Waals surface area contributed by atoms with E-state index in [2.05, 4.69) is 0 Å². The second-order valence-corrected chi connectivity index (χ2v) is 5.39. The minimum Gasteiger partial charge on any atom is -0.324 e. The van der Waals surface area contributed by atoms with E-state index in [0.29, 0.717) is 6.42 Å². The molecule has 0 saturated carbocycles. The topological polar surface area (TPSA) is 26.0 Å². The molecule has 0 saturated heterocycles. The zero-order valence-electron chi connectivity index (χ0n) is 12.0. The zero-order valence-corrected chi connectivity index (χ0v) is 12.0. The van der Waals surface area contributed by atoms with E-state index in [1.165, 1.54) is 12.1 Å². The summed E-state index contributed by atoms with van der Waals surface area (Å²) in [5, 5.41) is 0. The number of hydrogen-bond donors (Lipinski definition) is 1. The van der Waals surface area contributed by atoms with Gasteiger partial charge in [-0.15, -0.1) is 0 Å². The van der Waals surface area contributed by atoms with Crippen molar-refractivity contribution in [3.8, 4) is 0 Å². The predicted octanol–water partition coefficient (Wildman–Crippen LogP) is 4.56. The highest BCUT2D eigenvalue weighted by Crippen LogP contribution is 2.34. The van der Waals surface area contributed by atoms with Crippen LogP contribution in [0.1, 0.15) is 33.9 Å². The van der Waals surface area contributed by atoms with E-state index < -0.39 is 17.8 Å². The lowest BCUT2D eigenvalue weighted by molar-refractivity contribution is -0.138. The Labute approximate surface area is 122 Å². The minimum atomic E-state index is -4.38. The summed E-state index contributed by atoms with van der Waals surface area (Å²) in [6.45, 7) is 3.93. The molecule has 0 spiro atoms. The molecule has 0 aliphatic heterocycles. The molecule has 0 bridgehead atoms. The first-order chi connectivity index (χ1) is 9.77. The third kappa shape index (κ3) is 3.85. The van der Waals surface area contributed by atoms with Crippen molar-refractivity contribution in [3.05, 3.63) is 70.3 Å². The standard InChI is InChI=1S/C17H18F3N/c1-11-7-12(2)9-13(8-11)10-16(21)14-5-3-4-6-15(14)17(18,19)20/h3-9,16H,10,21H2,1-2H3. The Balaban J connectivity index is 2.31. The zero-order chi connectivity index (χ0) is 15.6. The molecule has 1 nitrogen and oxygen atoms in total. The molecule has 0 heterocycles. The molecule has 0 amide bonds. The lowest BCUT2D eigenvalue weighted by Crippen LogP contribution is -2.19. The Morgan fingerprint density at radius 1 is 1.00 bits per heavy atom. The van der Waals surface area contributed by atoms with Crippen LogP contribution in [0.15, 0.2) is 42.5 Å². The van der Waals surface area contributed by atoms with E-state index in [-0.39, 0.29) is 5.56 Å². The molecule has 2 rings (SSSR count). The molecule has 2 aromatic rings. The Hall–Kier alpha value is -1.81. The number of nitrogens with two attached hydrogens (primary N) is 1. The van der Waals surface area contributed by atoms with Gasteiger partial charge in [0, 0.05) is 6.04 Å². The van der Waals surface area contributed by atoms with Gasteiger partial charge in [-0.05, 0) is 37.5 Å². The summed E-state index contributed by atoms with van der Waals surface area (Å²) >= 11 is 0. The van der Waals surface area contributed by atoms with E-state index in [4.69, 9.17) is 5.73 Å². The van der Waals surface area contributed by atoms with Gasteiger partial charge in [0.1, 0.15) is 0 Å². The molecule has 0 aromatic heterocycles. The van der Waals surface area contributed by atoms with Crippen LogP contribution in [0.3, 0.4) is 0 Å². The van der Waals surface area contributed by atoms with E-state index in [9.17, 15) is 13.2 Å². The second-order valence-electron chi connectivity index (χ2n) is 5.39. The fourth-order valence-electron chi connectivity index (χ4n) is 2.63. The molecule has 0 aliphatic carbocycles. The summed E-state index contributed by atoms with van der Waals surface area (Å²) < 4.78 is 39.1. The Bertz CT molecular complexity index is 612. The molecule has 0 aliphatic rings. The monoisotopic (exact) mass is 293 g/mol. The van der Waals surface area contributed by atoms with Crippen LogP contribution in [-0.4, -0.2) is 0 Å². The lowest BCUT2D eigenvalue weighted by Gasteiger charge is -2.18. The number of halogens is 3. The summed E-state index contributed by atoms with van der Waals surface area (Å²) in [5.41, 5.74) is 8.64. The van der Waals surface area contributed by atoms with Gasteiger partial charge in [0.25, 0.3) is 0 Å². The maximum atomic E-state index is 13.0. The number of benzene rings is 2. The highest BCUT2D eigenvalue weighted by atomic mass is 19.4. The molecule has 21 heavy (non-hydrogen) atoms. The maximum absolute atomic E-state index is 13.0. The maximum Gasteiger partial charge on any atom is 0.416 e. The van der Waals surface area contributed by atoms with Crippen LogP contribution in [0.25, 0.3) is 0 Å². The van der Waals surface area contributed by atoms with Crippen LogP contribution >= 0.6 is 0 Å². The smallest absolute Gasteiger partial charge is 0.324 e. The Morgan fingerprint density at radius 3 is 2.14 bits per heavy atom. The van der Waals surface area contributed by atoms with Crippen molar-refractivity contribution >= 4 is 0 Å². The number of aryl methyl sites for hydroxylation is 2. The molecule has 2 aromatic carbocycles. The number of alkyl halides is 3. The molecule has 1 atom stereocenters. The van der Waals surface area contributed by atoms with Gasteiger partial charge in [0.05, 0.1) is 5.56 Å². The van der Waals surface area contributed by atoms with E-state index in [1.54, 1.807) is 6.07 Å². The molecular formula is C17H18F3N.